The fourth-order valence-electron chi connectivity index (χ4n) is 4.64. The summed E-state index contributed by atoms with van der Waals surface area (Å²) in [7, 11) is 1.53. The zero-order valence-electron chi connectivity index (χ0n) is 23.0. The van der Waals surface area contributed by atoms with E-state index < -0.39 is 17.7 Å². The Labute approximate surface area is 225 Å². The molecule has 0 saturated carbocycles. The summed E-state index contributed by atoms with van der Waals surface area (Å²) in [5.74, 6) is 0.0757. The maximum absolute atomic E-state index is 13.4. The summed E-state index contributed by atoms with van der Waals surface area (Å²) in [5.41, 5.74) is 1.93. The molecule has 1 saturated heterocycles. The van der Waals surface area contributed by atoms with Gasteiger partial charge in [0, 0.05) is 18.7 Å². The third-order valence-corrected chi connectivity index (χ3v) is 6.70. The summed E-state index contributed by atoms with van der Waals surface area (Å²) in [6.45, 7) is 14.9. The highest BCUT2D eigenvalue weighted by molar-refractivity contribution is 6.46. The Kier molecular flexibility index (Phi) is 9.96. The van der Waals surface area contributed by atoms with Gasteiger partial charge in [-0.05, 0) is 68.4 Å². The van der Waals surface area contributed by atoms with E-state index in [1.54, 1.807) is 42.5 Å². The third-order valence-electron chi connectivity index (χ3n) is 6.70. The van der Waals surface area contributed by atoms with E-state index in [9.17, 15) is 14.7 Å². The molecular weight excluding hydrogens is 484 g/mol. The first-order chi connectivity index (χ1) is 18.3. The van der Waals surface area contributed by atoms with Gasteiger partial charge in [0.1, 0.15) is 18.1 Å². The third kappa shape index (κ3) is 6.02. The standard InChI is InChI=1S/C30H38N2O6/c1-7-17-38-24-14-11-21(19-25(24)36-6)27-26(28(33)22-12-13-23(37-10-4)20(5)18-22)29(34)30(35)32(27)16-15-31(8-2)9-3/h7,11-14,18-19,27,33H,1,8-10,15-17H2,2-6H3. The summed E-state index contributed by atoms with van der Waals surface area (Å²) < 4.78 is 16.9. The van der Waals surface area contributed by atoms with Crippen molar-refractivity contribution in [2.45, 2.75) is 33.7 Å². The van der Waals surface area contributed by atoms with E-state index in [1.807, 2.05) is 13.8 Å². The van der Waals surface area contributed by atoms with Gasteiger partial charge in [-0.1, -0.05) is 32.6 Å². The smallest absolute Gasteiger partial charge is 0.295 e. The van der Waals surface area contributed by atoms with E-state index >= 15 is 0 Å². The summed E-state index contributed by atoms with van der Waals surface area (Å²) in [5, 5.41) is 11.4. The van der Waals surface area contributed by atoms with E-state index in [0.29, 0.717) is 54.7 Å². The van der Waals surface area contributed by atoms with Crippen molar-refractivity contribution in [1.82, 2.24) is 9.80 Å². The first kappa shape index (κ1) is 28.8. The lowest BCUT2D eigenvalue weighted by Crippen LogP contribution is -2.38. The van der Waals surface area contributed by atoms with Crippen molar-refractivity contribution in [2.75, 3.05) is 46.5 Å². The Morgan fingerprint density at radius 1 is 1.05 bits per heavy atom. The van der Waals surface area contributed by atoms with Crippen molar-refractivity contribution in [3.63, 3.8) is 0 Å². The molecule has 2 aromatic rings. The number of Topliss-reactive ketones (excluding diaryl/α,β-unsaturated/α-hetero) is 1. The number of likely N-dealkylation sites (N-methyl/N-ethyl adjacent to an activating group) is 1. The molecule has 204 valence electrons. The molecule has 1 heterocycles. The molecular formula is C30H38N2O6. The number of aliphatic hydroxyl groups is 1. The molecule has 1 aliphatic heterocycles. The van der Waals surface area contributed by atoms with Gasteiger partial charge < -0.3 is 29.1 Å². The first-order valence-corrected chi connectivity index (χ1v) is 13.0. The number of hydrogen-bond donors (Lipinski definition) is 1. The van der Waals surface area contributed by atoms with E-state index in [0.717, 1.165) is 18.7 Å². The number of hydrogen-bond acceptors (Lipinski definition) is 7. The fraction of sp³-hybridized carbons (Fsp3) is 0.400. The largest absolute Gasteiger partial charge is 0.507 e. The minimum atomic E-state index is -0.792. The van der Waals surface area contributed by atoms with Gasteiger partial charge in [0.25, 0.3) is 11.7 Å². The highest BCUT2D eigenvalue weighted by atomic mass is 16.5. The Morgan fingerprint density at radius 2 is 1.76 bits per heavy atom. The minimum absolute atomic E-state index is 0.0416. The number of ketones is 1. The molecule has 0 aliphatic carbocycles. The lowest BCUT2D eigenvalue weighted by Gasteiger charge is -2.28. The van der Waals surface area contributed by atoms with Crippen LogP contribution in [0.1, 0.15) is 43.5 Å². The fourth-order valence-corrected chi connectivity index (χ4v) is 4.64. The molecule has 38 heavy (non-hydrogen) atoms. The molecule has 0 bridgehead atoms. The number of amides is 1. The summed E-state index contributed by atoms with van der Waals surface area (Å²) in [6.07, 6.45) is 1.63. The van der Waals surface area contributed by atoms with Gasteiger partial charge >= 0.3 is 0 Å². The first-order valence-electron chi connectivity index (χ1n) is 13.0. The number of ether oxygens (including phenoxy) is 3. The van der Waals surface area contributed by atoms with Crippen molar-refractivity contribution in [3.05, 3.63) is 71.3 Å². The summed E-state index contributed by atoms with van der Waals surface area (Å²) >= 11 is 0. The van der Waals surface area contributed by atoms with Gasteiger partial charge in [-0.15, -0.1) is 0 Å². The Bertz CT molecular complexity index is 1200. The van der Waals surface area contributed by atoms with Crippen molar-refractivity contribution in [2.24, 2.45) is 0 Å². The predicted octanol–water partition coefficient (Wildman–Crippen LogP) is 4.73. The molecule has 1 unspecified atom stereocenters. The zero-order chi connectivity index (χ0) is 27.8. The number of benzene rings is 2. The number of likely N-dealkylation sites (tertiary alicyclic amines) is 1. The number of aliphatic hydroxyl groups excluding tert-OH is 1. The molecule has 0 aromatic heterocycles. The van der Waals surface area contributed by atoms with E-state index in [-0.39, 0.29) is 11.3 Å². The number of rotatable bonds is 13. The average Bonchev–Trinajstić information content (AvgIpc) is 3.18. The molecule has 8 nitrogen and oxygen atoms in total. The molecule has 8 heteroatoms. The lowest BCUT2D eigenvalue weighted by atomic mass is 9.94. The molecule has 0 radical (unpaired) electrons. The van der Waals surface area contributed by atoms with Crippen LogP contribution in [0.3, 0.4) is 0 Å². The summed E-state index contributed by atoms with van der Waals surface area (Å²) in [4.78, 5) is 30.4. The Balaban J connectivity index is 2.14. The average molecular weight is 523 g/mol. The van der Waals surface area contributed by atoms with Crippen LogP contribution in [0.5, 0.6) is 17.2 Å². The van der Waals surface area contributed by atoms with Gasteiger partial charge in [0.2, 0.25) is 0 Å². The van der Waals surface area contributed by atoms with Crippen molar-refractivity contribution >= 4 is 17.4 Å². The highest BCUT2D eigenvalue weighted by Gasteiger charge is 2.46. The minimum Gasteiger partial charge on any atom is -0.507 e. The molecule has 1 N–H and O–H groups in total. The van der Waals surface area contributed by atoms with Crippen molar-refractivity contribution in [1.29, 1.82) is 0 Å². The van der Waals surface area contributed by atoms with Crippen LogP contribution in [-0.2, 0) is 9.59 Å². The van der Waals surface area contributed by atoms with Gasteiger partial charge in [-0.3, -0.25) is 9.59 Å². The van der Waals surface area contributed by atoms with E-state index in [2.05, 4.69) is 25.3 Å². The predicted molar refractivity (Wildman–Crippen MR) is 148 cm³/mol. The normalized spacial score (nSPS) is 16.7. The maximum atomic E-state index is 13.4. The van der Waals surface area contributed by atoms with Gasteiger partial charge in [-0.2, -0.15) is 0 Å². The van der Waals surface area contributed by atoms with Crippen LogP contribution in [0.2, 0.25) is 0 Å². The second-order valence-electron chi connectivity index (χ2n) is 8.94. The SMILES string of the molecule is C=CCOc1ccc(C2C(=C(O)c3ccc(OCC)c(C)c3)C(=O)C(=O)N2CCN(CC)CC)cc1OC. The van der Waals surface area contributed by atoms with Gasteiger partial charge in [0.15, 0.2) is 11.5 Å². The Hall–Kier alpha value is -3.78. The van der Waals surface area contributed by atoms with Crippen LogP contribution in [0.4, 0.5) is 0 Å². The number of methoxy groups -OCH3 is 1. The van der Waals surface area contributed by atoms with Gasteiger partial charge in [0.05, 0.1) is 25.3 Å². The van der Waals surface area contributed by atoms with Crippen molar-refractivity contribution < 1.29 is 28.9 Å². The summed E-state index contributed by atoms with van der Waals surface area (Å²) in [6, 6.07) is 9.69. The molecule has 1 amide bonds. The quantitative estimate of drug-likeness (QED) is 0.176. The van der Waals surface area contributed by atoms with Crippen LogP contribution in [0.15, 0.2) is 54.6 Å². The molecule has 1 fully saturated rings. The molecule has 1 aliphatic rings. The molecule has 2 aromatic carbocycles. The van der Waals surface area contributed by atoms with E-state index in [4.69, 9.17) is 14.2 Å². The number of carbonyl (C=O) groups excluding carboxylic acids is 2. The maximum Gasteiger partial charge on any atom is 0.295 e. The number of aryl methyl sites for hydroxylation is 1. The number of nitrogens with zero attached hydrogens (tertiary/aromatic N) is 2. The highest BCUT2D eigenvalue weighted by Crippen LogP contribution is 2.42. The monoisotopic (exact) mass is 522 g/mol. The Morgan fingerprint density at radius 3 is 2.37 bits per heavy atom. The van der Waals surface area contributed by atoms with Gasteiger partial charge in [-0.25, -0.2) is 0 Å². The van der Waals surface area contributed by atoms with E-state index in [1.165, 1.54) is 12.0 Å². The number of carbonyl (C=O) groups is 2. The second kappa shape index (κ2) is 13.1. The molecule has 1 atom stereocenters. The van der Waals surface area contributed by atoms with Crippen LogP contribution in [-0.4, -0.2) is 73.1 Å². The zero-order valence-corrected chi connectivity index (χ0v) is 23.0. The second-order valence-corrected chi connectivity index (χ2v) is 8.94. The topological polar surface area (TPSA) is 88.5 Å². The molecule has 3 rings (SSSR count). The van der Waals surface area contributed by atoms with Crippen LogP contribution < -0.4 is 14.2 Å². The lowest BCUT2D eigenvalue weighted by molar-refractivity contribution is -0.140. The van der Waals surface area contributed by atoms with Crippen LogP contribution in [0, 0.1) is 6.92 Å². The van der Waals surface area contributed by atoms with Crippen LogP contribution in [0.25, 0.3) is 5.76 Å². The molecule has 0 spiro atoms. The van der Waals surface area contributed by atoms with Crippen molar-refractivity contribution in [3.8, 4) is 17.2 Å². The van der Waals surface area contributed by atoms with Crippen LogP contribution >= 0.6 is 0 Å².